The summed E-state index contributed by atoms with van der Waals surface area (Å²) in [6.07, 6.45) is 3.50. The van der Waals surface area contributed by atoms with Crippen LogP contribution in [0.4, 0.5) is 0 Å². The summed E-state index contributed by atoms with van der Waals surface area (Å²) in [7, 11) is -3.85. The van der Waals surface area contributed by atoms with Gasteiger partial charge in [0, 0.05) is 27.5 Å². The zero-order valence-electron chi connectivity index (χ0n) is 19.7. The number of ether oxygens (including phenoxy) is 1. The molecule has 0 fully saturated rings. The Hall–Kier alpha value is -3.16. The fourth-order valence-electron chi connectivity index (χ4n) is 4.06. The molecule has 4 aromatic rings. The number of aromatic nitrogens is 1. The second-order valence-corrected chi connectivity index (χ2v) is 11.0. The van der Waals surface area contributed by atoms with Crippen LogP contribution in [0.2, 0.25) is 0 Å². The molecule has 0 aliphatic heterocycles. The Morgan fingerprint density at radius 2 is 1.74 bits per heavy atom. The minimum absolute atomic E-state index is 0.212. The van der Waals surface area contributed by atoms with Gasteiger partial charge in [0.15, 0.2) is 0 Å². The van der Waals surface area contributed by atoms with E-state index in [2.05, 4.69) is 15.9 Å². The minimum Gasteiger partial charge on any atom is -0.463 e. The number of fused-ring (bicyclic) bond motifs is 1. The number of esters is 1. The van der Waals surface area contributed by atoms with E-state index in [-0.39, 0.29) is 17.4 Å². The van der Waals surface area contributed by atoms with E-state index in [1.807, 2.05) is 55.5 Å². The van der Waals surface area contributed by atoms with Crippen molar-refractivity contribution in [1.29, 1.82) is 0 Å². The third-order valence-corrected chi connectivity index (χ3v) is 8.03. The lowest BCUT2D eigenvalue weighted by molar-refractivity contribution is -0.138. The Morgan fingerprint density at radius 1 is 1.06 bits per heavy atom. The number of allylic oxidation sites excluding steroid dienone is 1. The van der Waals surface area contributed by atoms with Crippen molar-refractivity contribution in [3.8, 4) is 0 Å². The number of hydrogen-bond acceptors (Lipinski definition) is 4. The van der Waals surface area contributed by atoms with Crippen LogP contribution in [-0.4, -0.2) is 25.0 Å². The summed E-state index contributed by atoms with van der Waals surface area (Å²) in [6, 6.07) is 22.0. The highest BCUT2D eigenvalue weighted by Gasteiger charge is 2.25. The number of halogens is 1. The number of carbonyl (C=O) groups excluding carboxylic acids is 1. The van der Waals surface area contributed by atoms with Crippen molar-refractivity contribution in [1.82, 2.24) is 3.97 Å². The summed E-state index contributed by atoms with van der Waals surface area (Å²) in [5.74, 6) is -0.766. The molecule has 0 bridgehead atoms. The lowest BCUT2D eigenvalue weighted by Gasteiger charge is -2.15. The van der Waals surface area contributed by atoms with E-state index >= 15 is 0 Å². The minimum atomic E-state index is -3.85. The normalized spacial score (nSPS) is 13.1. The van der Waals surface area contributed by atoms with Gasteiger partial charge in [-0.3, -0.25) is 0 Å². The standard InChI is InChI=1S/C28H26BrNO4S/c1-4-34-28(31)20(3)16-24(21-8-6-5-7-9-21)26-18-30(27-15-12-22(29)17-25(26)27)35(32,33)23-13-10-19(2)11-14-23/h5-18,24H,4H2,1-3H3/b20-16+. The van der Waals surface area contributed by atoms with Crippen molar-refractivity contribution in [3.05, 3.63) is 112 Å². The van der Waals surface area contributed by atoms with Gasteiger partial charge in [-0.15, -0.1) is 0 Å². The van der Waals surface area contributed by atoms with Gasteiger partial charge < -0.3 is 4.74 Å². The average molecular weight is 552 g/mol. The van der Waals surface area contributed by atoms with Crippen LogP contribution in [0, 0.1) is 6.92 Å². The molecule has 7 heteroatoms. The number of nitrogens with zero attached hydrogens (tertiary/aromatic N) is 1. The Bertz CT molecular complexity index is 1500. The first-order valence-electron chi connectivity index (χ1n) is 11.3. The first-order valence-corrected chi connectivity index (χ1v) is 13.5. The molecule has 1 heterocycles. The highest BCUT2D eigenvalue weighted by Crippen LogP contribution is 2.37. The molecule has 1 unspecified atom stereocenters. The molecular formula is C28H26BrNO4S. The average Bonchev–Trinajstić information content (AvgIpc) is 3.22. The molecule has 0 aliphatic carbocycles. The number of benzene rings is 3. The molecule has 0 aliphatic rings. The summed E-state index contributed by atoms with van der Waals surface area (Å²) >= 11 is 3.53. The van der Waals surface area contributed by atoms with Crippen molar-refractivity contribution in [3.63, 3.8) is 0 Å². The number of hydrogen-bond donors (Lipinski definition) is 0. The molecule has 4 rings (SSSR count). The van der Waals surface area contributed by atoms with Crippen LogP contribution in [0.15, 0.2) is 100 Å². The molecule has 0 radical (unpaired) electrons. The Labute approximate surface area is 214 Å². The van der Waals surface area contributed by atoms with Crippen LogP contribution >= 0.6 is 15.9 Å². The number of rotatable bonds is 7. The quantitative estimate of drug-likeness (QED) is 0.192. The molecular weight excluding hydrogens is 526 g/mol. The topological polar surface area (TPSA) is 65.4 Å². The van der Waals surface area contributed by atoms with Crippen LogP contribution in [0.25, 0.3) is 10.9 Å². The summed E-state index contributed by atoms with van der Waals surface area (Å²) in [5, 5.41) is 0.775. The molecule has 1 aromatic heterocycles. The van der Waals surface area contributed by atoms with Gasteiger partial charge in [-0.05, 0) is 62.2 Å². The highest BCUT2D eigenvalue weighted by molar-refractivity contribution is 9.10. The second-order valence-electron chi connectivity index (χ2n) is 8.32. The van der Waals surface area contributed by atoms with Gasteiger partial charge in [-0.2, -0.15) is 0 Å². The van der Waals surface area contributed by atoms with E-state index in [1.165, 1.54) is 3.97 Å². The van der Waals surface area contributed by atoms with Crippen molar-refractivity contribution in [2.75, 3.05) is 6.61 Å². The molecule has 0 saturated carbocycles. The van der Waals surface area contributed by atoms with Crippen molar-refractivity contribution >= 4 is 42.8 Å². The number of aryl methyl sites for hydroxylation is 1. The Kier molecular flexibility index (Phi) is 7.28. The summed E-state index contributed by atoms with van der Waals surface area (Å²) in [6.45, 7) is 5.67. The van der Waals surface area contributed by atoms with E-state index in [9.17, 15) is 13.2 Å². The van der Waals surface area contributed by atoms with E-state index < -0.39 is 16.0 Å². The van der Waals surface area contributed by atoms with Crippen LogP contribution in [0.3, 0.4) is 0 Å². The van der Waals surface area contributed by atoms with Gasteiger partial charge in [-0.1, -0.05) is 70.0 Å². The second kappa shape index (κ2) is 10.2. The van der Waals surface area contributed by atoms with Crippen LogP contribution in [0.1, 0.15) is 36.5 Å². The third-order valence-electron chi connectivity index (χ3n) is 5.85. The molecule has 5 nitrogen and oxygen atoms in total. The predicted octanol–water partition coefficient (Wildman–Crippen LogP) is 6.59. The van der Waals surface area contributed by atoms with E-state index in [0.29, 0.717) is 11.1 Å². The molecule has 3 aromatic carbocycles. The zero-order chi connectivity index (χ0) is 25.2. The molecule has 0 spiro atoms. The van der Waals surface area contributed by atoms with Gasteiger partial charge in [0.05, 0.1) is 17.0 Å². The maximum atomic E-state index is 13.7. The van der Waals surface area contributed by atoms with E-state index in [4.69, 9.17) is 4.74 Å². The monoisotopic (exact) mass is 551 g/mol. The van der Waals surface area contributed by atoms with Gasteiger partial charge in [0.1, 0.15) is 0 Å². The fourth-order valence-corrected chi connectivity index (χ4v) is 5.80. The summed E-state index contributed by atoms with van der Waals surface area (Å²) < 4.78 is 34.7. The smallest absolute Gasteiger partial charge is 0.333 e. The molecule has 35 heavy (non-hydrogen) atoms. The fraction of sp³-hybridized carbons (Fsp3) is 0.179. The Morgan fingerprint density at radius 3 is 2.40 bits per heavy atom. The van der Waals surface area contributed by atoms with Crippen molar-refractivity contribution < 1.29 is 17.9 Å². The molecule has 1 atom stereocenters. The van der Waals surface area contributed by atoms with Crippen molar-refractivity contribution in [2.24, 2.45) is 0 Å². The SMILES string of the molecule is CCOC(=O)/C(C)=C/C(c1ccccc1)c1cn(S(=O)(=O)c2ccc(C)cc2)c2ccc(Br)cc12. The highest BCUT2D eigenvalue weighted by atomic mass is 79.9. The molecule has 0 N–H and O–H groups in total. The first kappa shape index (κ1) is 24.9. The maximum absolute atomic E-state index is 13.7. The Balaban J connectivity index is 1.97. The van der Waals surface area contributed by atoms with Crippen molar-refractivity contribution in [2.45, 2.75) is 31.6 Å². The summed E-state index contributed by atoms with van der Waals surface area (Å²) in [5.41, 5.74) is 3.70. The lowest BCUT2D eigenvalue weighted by atomic mass is 9.89. The third kappa shape index (κ3) is 5.11. The van der Waals surface area contributed by atoms with Crippen LogP contribution in [0.5, 0.6) is 0 Å². The van der Waals surface area contributed by atoms with Gasteiger partial charge in [0.25, 0.3) is 10.0 Å². The van der Waals surface area contributed by atoms with Gasteiger partial charge >= 0.3 is 5.97 Å². The maximum Gasteiger partial charge on any atom is 0.333 e. The predicted molar refractivity (Wildman–Crippen MR) is 142 cm³/mol. The van der Waals surface area contributed by atoms with Crippen LogP contribution < -0.4 is 0 Å². The summed E-state index contributed by atoms with van der Waals surface area (Å²) in [4.78, 5) is 12.6. The largest absolute Gasteiger partial charge is 0.463 e. The zero-order valence-corrected chi connectivity index (χ0v) is 22.1. The van der Waals surface area contributed by atoms with E-state index in [0.717, 1.165) is 26.5 Å². The molecule has 0 amide bonds. The van der Waals surface area contributed by atoms with Crippen LogP contribution in [-0.2, 0) is 19.6 Å². The van der Waals surface area contributed by atoms with E-state index in [1.54, 1.807) is 50.4 Å². The molecule has 180 valence electrons. The molecule has 0 saturated heterocycles. The van der Waals surface area contributed by atoms with Gasteiger partial charge in [0.2, 0.25) is 0 Å². The number of carbonyl (C=O) groups is 1. The first-order chi connectivity index (χ1) is 16.7. The van der Waals surface area contributed by atoms with Gasteiger partial charge in [-0.25, -0.2) is 17.2 Å². The lowest BCUT2D eigenvalue weighted by Crippen LogP contribution is -2.12.